The third-order valence-corrected chi connectivity index (χ3v) is 4.55. The van der Waals surface area contributed by atoms with Gasteiger partial charge in [0.05, 0.1) is 5.39 Å². The number of hydrazine groups is 1. The molecule has 3 aromatic rings. The van der Waals surface area contributed by atoms with Crippen molar-refractivity contribution in [3.63, 3.8) is 0 Å². The van der Waals surface area contributed by atoms with E-state index in [1.165, 1.54) is 12.1 Å². The van der Waals surface area contributed by atoms with Gasteiger partial charge in [-0.1, -0.05) is 32.0 Å². The monoisotopic (exact) mass is 425 g/mol. The summed E-state index contributed by atoms with van der Waals surface area (Å²) in [6.45, 7) is 3.43. The lowest BCUT2D eigenvalue weighted by Crippen LogP contribution is -2.54. The third-order valence-electron chi connectivity index (χ3n) is 4.55. The van der Waals surface area contributed by atoms with Gasteiger partial charge in [-0.15, -0.1) is 0 Å². The van der Waals surface area contributed by atoms with Crippen molar-refractivity contribution in [2.75, 3.05) is 0 Å². The van der Waals surface area contributed by atoms with E-state index in [1.54, 1.807) is 38.1 Å². The Kier molecular flexibility index (Phi) is 6.39. The van der Waals surface area contributed by atoms with Crippen LogP contribution in [0.25, 0.3) is 10.8 Å². The molecule has 9 nitrogen and oxygen atoms in total. The molecule has 4 N–H and O–H groups in total. The molecular weight excluding hydrogens is 405 g/mol. The van der Waals surface area contributed by atoms with Gasteiger partial charge in [-0.05, 0) is 36.2 Å². The molecule has 0 radical (unpaired) electrons. The summed E-state index contributed by atoms with van der Waals surface area (Å²) in [7, 11) is 0. The van der Waals surface area contributed by atoms with Crippen LogP contribution in [0.15, 0.2) is 53.3 Å². The van der Waals surface area contributed by atoms with Gasteiger partial charge in [-0.2, -0.15) is 5.10 Å². The van der Waals surface area contributed by atoms with Crippen molar-refractivity contribution in [2.24, 2.45) is 5.92 Å². The fourth-order valence-electron chi connectivity index (χ4n) is 2.90. The normalized spacial score (nSPS) is 11.7. The number of H-pyrrole nitrogens is 1. The van der Waals surface area contributed by atoms with Gasteiger partial charge in [-0.25, -0.2) is 9.49 Å². The standard InChI is InChI=1S/C21H20FN5O4/c1-11(2)16(23-18(28)12-7-9-13(22)10-8-12)20(30)26-27-21(31)17-14-5-3-4-6-15(14)19(29)25-24-17/h3-11,16H,1-2H3,(H,23,28)(H,25,29)(H,26,30)(H,27,31). The summed E-state index contributed by atoms with van der Waals surface area (Å²) in [4.78, 5) is 49.3. The SMILES string of the molecule is CC(C)C(NC(=O)c1ccc(F)cc1)C(=O)NNC(=O)c1n[nH]c(=O)c2ccccc12. The number of nitrogens with one attached hydrogen (secondary N) is 4. The Morgan fingerprint density at radius 1 is 0.935 bits per heavy atom. The molecule has 0 saturated carbocycles. The van der Waals surface area contributed by atoms with E-state index >= 15 is 0 Å². The van der Waals surface area contributed by atoms with Gasteiger partial charge in [-0.3, -0.25) is 30.0 Å². The lowest BCUT2D eigenvalue weighted by Gasteiger charge is -2.22. The molecule has 1 heterocycles. The van der Waals surface area contributed by atoms with Gasteiger partial charge < -0.3 is 5.32 Å². The Hall–Kier alpha value is -4.08. The lowest BCUT2D eigenvalue weighted by molar-refractivity contribution is -0.124. The summed E-state index contributed by atoms with van der Waals surface area (Å²) in [5, 5.41) is 9.16. The zero-order chi connectivity index (χ0) is 22.5. The molecule has 0 aliphatic carbocycles. The maximum Gasteiger partial charge on any atom is 0.290 e. The van der Waals surface area contributed by atoms with Crippen LogP contribution in [0.5, 0.6) is 0 Å². The van der Waals surface area contributed by atoms with Gasteiger partial charge in [0.2, 0.25) is 0 Å². The van der Waals surface area contributed by atoms with Crippen LogP contribution in [0, 0.1) is 11.7 Å². The van der Waals surface area contributed by atoms with E-state index in [9.17, 15) is 23.6 Å². The molecule has 1 aromatic heterocycles. The smallest absolute Gasteiger partial charge is 0.290 e. The fourth-order valence-corrected chi connectivity index (χ4v) is 2.90. The average Bonchev–Trinajstić information content (AvgIpc) is 2.76. The Morgan fingerprint density at radius 2 is 1.58 bits per heavy atom. The zero-order valence-electron chi connectivity index (χ0n) is 16.7. The van der Waals surface area contributed by atoms with Crippen molar-refractivity contribution in [2.45, 2.75) is 19.9 Å². The van der Waals surface area contributed by atoms with Gasteiger partial charge >= 0.3 is 0 Å². The minimum Gasteiger partial charge on any atom is -0.340 e. The summed E-state index contributed by atoms with van der Waals surface area (Å²) < 4.78 is 13.0. The molecule has 0 bridgehead atoms. The zero-order valence-corrected chi connectivity index (χ0v) is 16.7. The number of carbonyl (C=O) groups excluding carboxylic acids is 3. The van der Waals surface area contributed by atoms with Gasteiger partial charge in [0.25, 0.3) is 23.3 Å². The molecule has 1 unspecified atom stereocenters. The lowest BCUT2D eigenvalue weighted by atomic mass is 10.0. The van der Waals surface area contributed by atoms with Gasteiger partial charge in [0.15, 0.2) is 5.69 Å². The number of hydrogen-bond donors (Lipinski definition) is 4. The van der Waals surface area contributed by atoms with Crippen LogP contribution < -0.4 is 21.7 Å². The van der Waals surface area contributed by atoms with Crippen molar-refractivity contribution >= 4 is 28.5 Å². The summed E-state index contributed by atoms with van der Waals surface area (Å²) in [5.41, 5.74) is 4.17. The van der Waals surface area contributed by atoms with E-state index in [-0.39, 0.29) is 22.6 Å². The number of aromatic nitrogens is 2. The first-order valence-electron chi connectivity index (χ1n) is 9.42. The number of amides is 3. The molecule has 0 aliphatic heterocycles. The topological polar surface area (TPSA) is 133 Å². The highest BCUT2D eigenvalue weighted by Gasteiger charge is 2.25. The van der Waals surface area contributed by atoms with Crippen LogP contribution >= 0.6 is 0 Å². The van der Waals surface area contributed by atoms with E-state index in [2.05, 4.69) is 26.4 Å². The number of hydrogen-bond acceptors (Lipinski definition) is 5. The third kappa shape index (κ3) is 4.92. The van der Waals surface area contributed by atoms with Crippen LogP contribution in [-0.4, -0.2) is 34.0 Å². The van der Waals surface area contributed by atoms with Crippen molar-refractivity contribution in [1.82, 2.24) is 26.4 Å². The minimum absolute atomic E-state index is 0.0769. The van der Waals surface area contributed by atoms with Crippen molar-refractivity contribution in [3.8, 4) is 0 Å². The molecule has 31 heavy (non-hydrogen) atoms. The van der Waals surface area contributed by atoms with E-state index in [0.29, 0.717) is 5.39 Å². The number of nitrogens with zero attached hydrogens (tertiary/aromatic N) is 1. The number of benzene rings is 2. The first kappa shape index (κ1) is 21.6. The second kappa shape index (κ2) is 9.16. The number of rotatable bonds is 5. The van der Waals surface area contributed by atoms with Crippen molar-refractivity contribution < 1.29 is 18.8 Å². The minimum atomic E-state index is -0.974. The molecular formula is C21H20FN5O4. The predicted molar refractivity (Wildman–Crippen MR) is 110 cm³/mol. The van der Waals surface area contributed by atoms with Crippen molar-refractivity contribution in [1.29, 1.82) is 0 Å². The maximum absolute atomic E-state index is 13.0. The molecule has 0 aliphatic rings. The second-order valence-corrected chi connectivity index (χ2v) is 7.09. The van der Waals surface area contributed by atoms with E-state index in [1.807, 2.05) is 0 Å². The number of halogens is 1. The van der Waals surface area contributed by atoms with E-state index < -0.39 is 35.1 Å². The largest absolute Gasteiger partial charge is 0.340 e. The van der Waals surface area contributed by atoms with Crippen molar-refractivity contribution in [3.05, 3.63) is 76.0 Å². The predicted octanol–water partition coefficient (Wildman–Crippen LogP) is 1.28. The Balaban J connectivity index is 1.70. The quantitative estimate of drug-likeness (QED) is 0.457. The summed E-state index contributed by atoms with van der Waals surface area (Å²) >= 11 is 0. The molecule has 0 spiro atoms. The summed E-state index contributed by atoms with van der Waals surface area (Å²) in [6, 6.07) is 10.3. The van der Waals surface area contributed by atoms with E-state index in [0.717, 1.165) is 12.1 Å². The van der Waals surface area contributed by atoms with Gasteiger partial charge in [0.1, 0.15) is 11.9 Å². The highest BCUT2D eigenvalue weighted by Crippen LogP contribution is 2.12. The van der Waals surface area contributed by atoms with Crippen LogP contribution in [-0.2, 0) is 4.79 Å². The average molecular weight is 425 g/mol. The van der Waals surface area contributed by atoms with Crippen LogP contribution in [0.2, 0.25) is 0 Å². The number of fused-ring (bicyclic) bond motifs is 1. The van der Waals surface area contributed by atoms with Crippen LogP contribution in [0.1, 0.15) is 34.7 Å². The molecule has 2 aromatic carbocycles. The molecule has 3 rings (SSSR count). The van der Waals surface area contributed by atoms with E-state index in [4.69, 9.17) is 0 Å². The molecule has 160 valence electrons. The summed E-state index contributed by atoms with van der Waals surface area (Å²) in [6.07, 6.45) is 0. The number of carbonyl (C=O) groups is 3. The van der Waals surface area contributed by atoms with Crippen LogP contribution in [0.3, 0.4) is 0 Å². The Bertz CT molecular complexity index is 1190. The molecule has 0 fully saturated rings. The molecule has 3 amide bonds. The molecule has 1 atom stereocenters. The fraction of sp³-hybridized carbons (Fsp3) is 0.190. The summed E-state index contributed by atoms with van der Waals surface area (Å²) in [5.74, 6) is -2.76. The second-order valence-electron chi connectivity index (χ2n) is 7.09. The first-order chi connectivity index (χ1) is 14.8. The van der Waals surface area contributed by atoms with Crippen LogP contribution in [0.4, 0.5) is 4.39 Å². The molecule has 0 saturated heterocycles. The first-order valence-corrected chi connectivity index (χ1v) is 9.42. The Labute approximate surface area is 176 Å². The number of aromatic amines is 1. The maximum atomic E-state index is 13.0. The molecule has 10 heteroatoms. The van der Waals surface area contributed by atoms with Gasteiger partial charge in [0, 0.05) is 10.9 Å². The Morgan fingerprint density at radius 3 is 2.23 bits per heavy atom. The highest BCUT2D eigenvalue weighted by atomic mass is 19.1. The highest BCUT2D eigenvalue weighted by molar-refractivity contribution is 6.05.